The Bertz CT molecular complexity index is 889. The van der Waals surface area contributed by atoms with Gasteiger partial charge in [-0.25, -0.2) is 0 Å². The van der Waals surface area contributed by atoms with Crippen LogP contribution in [0.15, 0.2) is 54.6 Å². The van der Waals surface area contributed by atoms with Crippen molar-refractivity contribution < 1.29 is 0 Å². The number of rotatable bonds is 2. The lowest BCUT2D eigenvalue weighted by atomic mass is 9.91. The first-order chi connectivity index (χ1) is 11.0. The van der Waals surface area contributed by atoms with E-state index in [1.165, 1.54) is 0 Å². The van der Waals surface area contributed by atoms with Gasteiger partial charge in [-0.05, 0) is 59.0 Å². The van der Waals surface area contributed by atoms with Gasteiger partial charge in [0, 0.05) is 0 Å². The molecule has 0 heterocycles. The summed E-state index contributed by atoms with van der Waals surface area (Å²) in [6.07, 6.45) is 0. The maximum absolute atomic E-state index is 6.20. The van der Waals surface area contributed by atoms with Gasteiger partial charge in [0.25, 0.3) is 0 Å². The van der Waals surface area contributed by atoms with Crippen LogP contribution in [0.25, 0.3) is 22.3 Å². The van der Waals surface area contributed by atoms with Crippen molar-refractivity contribution in [1.82, 2.24) is 0 Å². The predicted octanol–water partition coefficient (Wildman–Crippen LogP) is 5.80. The molecule has 0 bridgehead atoms. The van der Waals surface area contributed by atoms with Crippen LogP contribution in [0.3, 0.4) is 0 Å². The molecule has 0 atom stereocenters. The standard InChI is InChI=1S/C19H16Cl2N2/c1-11-3-2-4-14(12-5-7-17(22)15(20)9-12)19(11)13-6-8-18(23)16(21)10-13/h2-10H,22-23H2,1H3. The number of halogens is 2. The number of nitrogens with two attached hydrogens (primary N) is 2. The van der Waals surface area contributed by atoms with Crippen molar-refractivity contribution in [2.75, 3.05) is 11.5 Å². The third-order valence-corrected chi connectivity index (χ3v) is 4.53. The molecule has 116 valence electrons. The van der Waals surface area contributed by atoms with Gasteiger partial charge in [-0.15, -0.1) is 0 Å². The second kappa shape index (κ2) is 6.15. The molecule has 0 spiro atoms. The van der Waals surface area contributed by atoms with Gasteiger partial charge < -0.3 is 11.5 Å². The third kappa shape index (κ3) is 3.00. The fourth-order valence-corrected chi connectivity index (χ4v) is 3.03. The Balaban J connectivity index is 2.24. The summed E-state index contributed by atoms with van der Waals surface area (Å²) in [5.74, 6) is 0. The summed E-state index contributed by atoms with van der Waals surface area (Å²) >= 11 is 12.4. The summed E-state index contributed by atoms with van der Waals surface area (Å²) in [5.41, 5.74) is 18.1. The van der Waals surface area contributed by atoms with E-state index in [0.29, 0.717) is 21.4 Å². The number of hydrogen-bond donors (Lipinski definition) is 2. The Morgan fingerprint density at radius 3 is 1.91 bits per heavy atom. The Morgan fingerprint density at radius 1 is 0.739 bits per heavy atom. The number of nitrogen functional groups attached to an aromatic ring is 2. The van der Waals surface area contributed by atoms with E-state index >= 15 is 0 Å². The highest BCUT2D eigenvalue weighted by atomic mass is 35.5. The molecule has 4 N–H and O–H groups in total. The summed E-state index contributed by atoms with van der Waals surface area (Å²) in [4.78, 5) is 0. The molecule has 3 rings (SSSR count). The largest absolute Gasteiger partial charge is 0.398 e. The van der Waals surface area contributed by atoms with Crippen LogP contribution in [-0.4, -0.2) is 0 Å². The maximum Gasteiger partial charge on any atom is 0.0641 e. The van der Waals surface area contributed by atoms with Crippen molar-refractivity contribution in [3.05, 3.63) is 70.2 Å². The fourth-order valence-electron chi connectivity index (χ4n) is 2.67. The predicted molar refractivity (Wildman–Crippen MR) is 101 cm³/mol. The highest BCUT2D eigenvalue weighted by Crippen LogP contribution is 2.38. The van der Waals surface area contributed by atoms with Crippen molar-refractivity contribution in [3.8, 4) is 22.3 Å². The number of hydrogen-bond acceptors (Lipinski definition) is 2. The minimum absolute atomic E-state index is 0.547. The maximum atomic E-state index is 6.20. The average molecular weight is 343 g/mol. The van der Waals surface area contributed by atoms with Crippen molar-refractivity contribution in [3.63, 3.8) is 0 Å². The second-order valence-corrected chi connectivity index (χ2v) is 6.28. The smallest absolute Gasteiger partial charge is 0.0641 e. The quantitative estimate of drug-likeness (QED) is 0.578. The molecule has 0 aliphatic carbocycles. The topological polar surface area (TPSA) is 52.0 Å². The van der Waals surface area contributed by atoms with Crippen LogP contribution in [0.2, 0.25) is 10.0 Å². The molecule has 23 heavy (non-hydrogen) atoms. The van der Waals surface area contributed by atoms with Gasteiger partial charge in [-0.1, -0.05) is 53.5 Å². The zero-order valence-electron chi connectivity index (χ0n) is 12.6. The van der Waals surface area contributed by atoms with Gasteiger partial charge in [0.05, 0.1) is 21.4 Å². The minimum atomic E-state index is 0.547. The molecule has 4 heteroatoms. The van der Waals surface area contributed by atoms with E-state index in [1.54, 1.807) is 0 Å². The minimum Gasteiger partial charge on any atom is -0.398 e. The van der Waals surface area contributed by atoms with Crippen LogP contribution >= 0.6 is 23.2 Å². The highest BCUT2D eigenvalue weighted by Gasteiger charge is 2.12. The number of aryl methyl sites for hydroxylation is 1. The molecule has 3 aromatic rings. The lowest BCUT2D eigenvalue weighted by Crippen LogP contribution is -1.92. The van der Waals surface area contributed by atoms with Crippen molar-refractivity contribution in [2.45, 2.75) is 6.92 Å². The van der Waals surface area contributed by atoms with Gasteiger partial charge in [0.2, 0.25) is 0 Å². The monoisotopic (exact) mass is 342 g/mol. The van der Waals surface area contributed by atoms with E-state index in [4.69, 9.17) is 34.7 Å². The Kier molecular flexibility index (Phi) is 4.20. The molecule has 0 fully saturated rings. The molecule has 0 aliphatic heterocycles. The molecule has 0 radical (unpaired) electrons. The van der Waals surface area contributed by atoms with Crippen LogP contribution in [0.1, 0.15) is 5.56 Å². The SMILES string of the molecule is Cc1cccc(-c2ccc(N)c(Cl)c2)c1-c1ccc(N)c(Cl)c1. The molecule has 0 saturated heterocycles. The van der Waals surface area contributed by atoms with E-state index in [0.717, 1.165) is 27.8 Å². The average Bonchev–Trinajstić information content (AvgIpc) is 2.53. The molecule has 0 unspecified atom stereocenters. The van der Waals surface area contributed by atoms with Crippen LogP contribution in [-0.2, 0) is 0 Å². The first-order valence-electron chi connectivity index (χ1n) is 7.18. The lowest BCUT2D eigenvalue weighted by molar-refractivity contribution is 1.45. The summed E-state index contributed by atoms with van der Waals surface area (Å²) in [5, 5.41) is 1.09. The fraction of sp³-hybridized carbons (Fsp3) is 0.0526. The Hall–Kier alpha value is -2.16. The summed E-state index contributed by atoms with van der Waals surface area (Å²) in [6, 6.07) is 17.5. The van der Waals surface area contributed by atoms with Crippen LogP contribution < -0.4 is 11.5 Å². The van der Waals surface area contributed by atoms with Crippen LogP contribution in [0, 0.1) is 6.92 Å². The molecular formula is C19H16Cl2N2. The number of benzene rings is 3. The third-order valence-electron chi connectivity index (χ3n) is 3.87. The molecule has 0 aromatic heterocycles. The zero-order chi connectivity index (χ0) is 16.6. The van der Waals surface area contributed by atoms with E-state index < -0.39 is 0 Å². The first kappa shape index (κ1) is 15.7. The van der Waals surface area contributed by atoms with E-state index in [2.05, 4.69) is 19.1 Å². The van der Waals surface area contributed by atoms with Gasteiger partial charge >= 0.3 is 0 Å². The molecule has 0 amide bonds. The van der Waals surface area contributed by atoms with Gasteiger partial charge in [-0.3, -0.25) is 0 Å². The van der Waals surface area contributed by atoms with E-state index in [1.807, 2.05) is 42.5 Å². The molecule has 2 nitrogen and oxygen atoms in total. The van der Waals surface area contributed by atoms with Gasteiger partial charge in [0.15, 0.2) is 0 Å². The van der Waals surface area contributed by atoms with Crippen molar-refractivity contribution in [1.29, 1.82) is 0 Å². The first-order valence-corrected chi connectivity index (χ1v) is 7.93. The molecule has 3 aromatic carbocycles. The van der Waals surface area contributed by atoms with Gasteiger partial charge in [0.1, 0.15) is 0 Å². The molecule has 0 saturated carbocycles. The van der Waals surface area contributed by atoms with Crippen LogP contribution in [0.4, 0.5) is 11.4 Å². The zero-order valence-corrected chi connectivity index (χ0v) is 14.1. The van der Waals surface area contributed by atoms with Crippen molar-refractivity contribution >= 4 is 34.6 Å². The van der Waals surface area contributed by atoms with Crippen LogP contribution in [0.5, 0.6) is 0 Å². The van der Waals surface area contributed by atoms with E-state index in [9.17, 15) is 0 Å². The highest BCUT2D eigenvalue weighted by molar-refractivity contribution is 6.33. The summed E-state index contributed by atoms with van der Waals surface area (Å²) in [7, 11) is 0. The second-order valence-electron chi connectivity index (χ2n) is 5.47. The summed E-state index contributed by atoms with van der Waals surface area (Å²) in [6.45, 7) is 2.07. The molecule has 0 aliphatic rings. The van der Waals surface area contributed by atoms with Gasteiger partial charge in [-0.2, -0.15) is 0 Å². The van der Waals surface area contributed by atoms with E-state index in [-0.39, 0.29) is 0 Å². The lowest BCUT2D eigenvalue weighted by Gasteiger charge is -2.15. The Morgan fingerprint density at radius 2 is 1.30 bits per heavy atom. The Labute approximate surface area is 145 Å². The van der Waals surface area contributed by atoms with Crippen molar-refractivity contribution in [2.24, 2.45) is 0 Å². The number of anilines is 2. The summed E-state index contributed by atoms with van der Waals surface area (Å²) < 4.78 is 0. The molecular weight excluding hydrogens is 327 g/mol. The normalized spacial score (nSPS) is 10.7.